The number of aromatic nitrogens is 1. The highest BCUT2D eigenvalue weighted by molar-refractivity contribution is 6.20. The standard InChI is InChI=1S/C30H32N4O.ClH/c1-30(2)24-16-26(34-12-10-33(11-13-34)20-4-3-5-20)22(19-7-8-19)15-23(24)28(35)27-21-9-6-18(17-31)14-25(21)32-29(27)30;/h6,9,14-16,19-20,32H,3-5,7-8,10-13H2,1-2H3;1H. The number of nitrogens with zero attached hydrogens (tertiary/aromatic N) is 3. The molecule has 3 aliphatic carbocycles. The van der Waals surface area contributed by atoms with Gasteiger partial charge in [-0.05, 0) is 67.0 Å². The number of nitrogens with one attached hydrogen (secondary N) is 1. The van der Waals surface area contributed by atoms with Gasteiger partial charge < -0.3 is 9.88 Å². The molecule has 1 aromatic heterocycles. The minimum atomic E-state index is -0.324. The topological polar surface area (TPSA) is 63.1 Å². The Labute approximate surface area is 218 Å². The van der Waals surface area contributed by atoms with Gasteiger partial charge >= 0.3 is 0 Å². The molecule has 36 heavy (non-hydrogen) atoms. The summed E-state index contributed by atoms with van der Waals surface area (Å²) in [5, 5.41) is 10.3. The van der Waals surface area contributed by atoms with E-state index >= 15 is 0 Å². The van der Waals surface area contributed by atoms with Crippen LogP contribution in [-0.4, -0.2) is 47.9 Å². The molecule has 0 atom stereocenters. The van der Waals surface area contributed by atoms with Crippen LogP contribution in [-0.2, 0) is 5.41 Å². The fourth-order valence-electron chi connectivity index (χ4n) is 6.63. The van der Waals surface area contributed by atoms with Crippen molar-refractivity contribution in [3.05, 3.63) is 63.8 Å². The van der Waals surface area contributed by atoms with Crippen LogP contribution in [0.15, 0.2) is 30.3 Å². The molecule has 2 saturated carbocycles. The first-order valence-corrected chi connectivity index (χ1v) is 13.2. The maximum atomic E-state index is 14.0. The third-order valence-corrected chi connectivity index (χ3v) is 9.13. The third kappa shape index (κ3) is 3.42. The van der Waals surface area contributed by atoms with Crippen LogP contribution in [0.25, 0.3) is 10.9 Å². The molecule has 1 N–H and O–H groups in total. The first-order chi connectivity index (χ1) is 17.0. The summed E-state index contributed by atoms with van der Waals surface area (Å²) in [6.07, 6.45) is 6.57. The Morgan fingerprint density at radius 3 is 2.42 bits per heavy atom. The van der Waals surface area contributed by atoms with Crippen LogP contribution < -0.4 is 4.90 Å². The number of H-pyrrole nitrogens is 1. The van der Waals surface area contributed by atoms with Crippen LogP contribution in [0.3, 0.4) is 0 Å². The summed E-state index contributed by atoms with van der Waals surface area (Å²) < 4.78 is 0. The Balaban J connectivity index is 0.00000240. The third-order valence-electron chi connectivity index (χ3n) is 9.13. The van der Waals surface area contributed by atoms with E-state index < -0.39 is 0 Å². The van der Waals surface area contributed by atoms with Crippen LogP contribution in [0.4, 0.5) is 5.69 Å². The molecule has 0 unspecified atom stereocenters. The fraction of sp³-hybridized carbons (Fsp3) is 0.467. The van der Waals surface area contributed by atoms with E-state index in [1.807, 2.05) is 18.2 Å². The molecule has 3 aromatic rings. The average Bonchev–Trinajstić information content (AvgIpc) is 3.60. The van der Waals surface area contributed by atoms with E-state index in [1.165, 1.54) is 43.4 Å². The number of piperazine rings is 1. The highest BCUT2D eigenvalue weighted by Crippen LogP contribution is 2.50. The molecule has 1 aliphatic heterocycles. The van der Waals surface area contributed by atoms with Gasteiger partial charge in [0.2, 0.25) is 0 Å². The molecule has 1 saturated heterocycles. The van der Waals surface area contributed by atoms with Crippen LogP contribution in [0.1, 0.15) is 90.2 Å². The number of anilines is 1. The van der Waals surface area contributed by atoms with E-state index in [0.29, 0.717) is 11.5 Å². The van der Waals surface area contributed by atoms with Gasteiger partial charge in [-0.1, -0.05) is 26.3 Å². The zero-order valence-corrected chi connectivity index (χ0v) is 21.9. The Kier molecular flexibility index (Phi) is 5.48. The van der Waals surface area contributed by atoms with Gasteiger partial charge in [0.05, 0.1) is 17.2 Å². The van der Waals surface area contributed by atoms with E-state index in [-0.39, 0.29) is 23.6 Å². The maximum absolute atomic E-state index is 14.0. The van der Waals surface area contributed by atoms with E-state index in [0.717, 1.165) is 65.5 Å². The fourth-order valence-corrected chi connectivity index (χ4v) is 6.63. The summed E-state index contributed by atoms with van der Waals surface area (Å²) in [5.41, 5.74) is 7.64. The quantitative estimate of drug-likeness (QED) is 0.487. The van der Waals surface area contributed by atoms with Gasteiger partial charge in [0.1, 0.15) is 0 Å². The average molecular weight is 501 g/mol. The van der Waals surface area contributed by atoms with Crippen molar-refractivity contribution in [1.29, 1.82) is 5.26 Å². The second kappa shape index (κ2) is 8.36. The zero-order valence-electron chi connectivity index (χ0n) is 21.1. The number of carbonyl (C=O) groups excluding carboxylic acids is 1. The normalized spacial score (nSPS) is 21.4. The predicted molar refractivity (Wildman–Crippen MR) is 146 cm³/mol. The molecule has 2 heterocycles. The number of benzene rings is 2. The van der Waals surface area contributed by atoms with Crippen LogP contribution >= 0.6 is 12.4 Å². The zero-order chi connectivity index (χ0) is 23.9. The summed E-state index contributed by atoms with van der Waals surface area (Å²) in [6.45, 7) is 8.87. The van der Waals surface area contributed by atoms with Crippen LogP contribution in [0, 0.1) is 11.3 Å². The molecule has 0 bridgehead atoms. The summed E-state index contributed by atoms with van der Waals surface area (Å²) in [7, 11) is 0. The highest BCUT2D eigenvalue weighted by atomic mass is 35.5. The molecule has 0 amide bonds. The monoisotopic (exact) mass is 500 g/mol. The number of carbonyl (C=O) groups is 1. The second-order valence-corrected chi connectivity index (χ2v) is 11.5. The molecular formula is C30H33ClN4O. The molecular weight excluding hydrogens is 468 g/mol. The van der Waals surface area contributed by atoms with Crippen LogP contribution in [0.5, 0.6) is 0 Å². The predicted octanol–water partition coefficient (Wildman–Crippen LogP) is 5.88. The molecule has 0 radical (unpaired) electrons. The lowest BCUT2D eigenvalue weighted by Gasteiger charge is -2.44. The molecule has 5 nitrogen and oxygen atoms in total. The minimum absolute atomic E-state index is 0. The molecule has 0 spiro atoms. The molecule has 6 heteroatoms. The summed E-state index contributed by atoms with van der Waals surface area (Å²) >= 11 is 0. The number of halogens is 1. The van der Waals surface area contributed by atoms with Crippen molar-refractivity contribution in [1.82, 2.24) is 9.88 Å². The van der Waals surface area contributed by atoms with E-state index in [1.54, 1.807) is 0 Å². The SMILES string of the molecule is CC1(C)c2cc(N3CCN(C4CCC4)CC3)c(C3CC3)cc2C(=O)c2c1[nH]c1cc(C#N)ccc21.Cl. The summed E-state index contributed by atoms with van der Waals surface area (Å²) in [4.78, 5) is 22.8. The number of aromatic amines is 1. The van der Waals surface area contributed by atoms with Crippen molar-refractivity contribution in [2.45, 2.75) is 63.3 Å². The van der Waals surface area contributed by atoms with Crippen molar-refractivity contribution in [2.24, 2.45) is 0 Å². The number of hydrogen-bond acceptors (Lipinski definition) is 4. The van der Waals surface area contributed by atoms with Crippen molar-refractivity contribution in [3.63, 3.8) is 0 Å². The summed E-state index contributed by atoms with van der Waals surface area (Å²) in [5.74, 6) is 0.701. The molecule has 186 valence electrons. The Hall–Kier alpha value is -2.81. The number of ketones is 1. The number of nitriles is 1. The Bertz CT molecular complexity index is 1410. The number of rotatable bonds is 3. The Morgan fingerprint density at radius 1 is 1.03 bits per heavy atom. The summed E-state index contributed by atoms with van der Waals surface area (Å²) in [6, 6.07) is 13.2. The van der Waals surface area contributed by atoms with Gasteiger partial charge in [-0.15, -0.1) is 12.4 Å². The molecule has 4 aliphatic rings. The minimum Gasteiger partial charge on any atom is -0.369 e. The number of hydrogen-bond donors (Lipinski definition) is 1. The second-order valence-electron chi connectivity index (χ2n) is 11.5. The van der Waals surface area contributed by atoms with Crippen molar-refractivity contribution in [3.8, 4) is 6.07 Å². The van der Waals surface area contributed by atoms with E-state index in [9.17, 15) is 10.1 Å². The molecule has 3 fully saturated rings. The number of fused-ring (bicyclic) bond motifs is 4. The largest absolute Gasteiger partial charge is 0.369 e. The van der Waals surface area contributed by atoms with Gasteiger partial charge in [-0.2, -0.15) is 5.26 Å². The Morgan fingerprint density at radius 2 is 1.78 bits per heavy atom. The first-order valence-electron chi connectivity index (χ1n) is 13.2. The highest BCUT2D eigenvalue weighted by Gasteiger charge is 2.42. The van der Waals surface area contributed by atoms with Crippen molar-refractivity contribution in [2.75, 3.05) is 31.1 Å². The van der Waals surface area contributed by atoms with Gasteiger partial charge in [-0.3, -0.25) is 9.69 Å². The van der Waals surface area contributed by atoms with Crippen molar-refractivity contribution >= 4 is 34.8 Å². The lowest BCUT2D eigenvalue weighted by atomic mass is 9.70. The maximum Gasteiger partial charge on any atom is 0.195 e. The van der Waals surface area contributed by atoms with Gasteiger partial charge in [0.15, 0.2) is 5.78 Å². The van der Waals surface area contributed by atoms with E-state index in [4.69, 9.17) is 0 Å². The molecule has 7 rings (SSSR count). The lowest BCUT2D eigenvalue weighted by Crippen LogP contribution is -2.52. The van der Waals surface area contributed by atoms with Gasteiger partial charge in [-0.25, -0.2) is 0 Å². The van der Waals surface area contributed by atoms with Crippen molar-refractivity contribution < 1.29 is 4.79 Å². The molecule has 2 aromatic carbocycles. The smallest absolute Gasteiger partial charge is 0.195 e. The van der Waals surface area contributed by atoms with Gasteiger partial charge in [0.25, 0.3) is 0 Å². The lowest BCUT2D eigenvalue weighted by molar-refractivity contribution is 0.103. The first kappa shape index (κ1) is 23.6. The van der Waals surface area contributed by atoms with E-state index in [2.05, 4.69) is 46.8 Å². The van der Waals surface area contributed by atoms with Crippen LogP contribution in [0.2, 0.25) is 0 Å². The van der Waals surface area contributed by atoms with Gasteiger partial charge in [0, 0.05) is 65.5 Å².